The highest BCUT2D eigenvalue weighted by Gasteiger charge is 2.41. The summed E-state index contributed by atoms with van der Waals surface area (Å²) in [5, 5.41) is 11.3. The maximum absolute atomic E-state index is 9.77. The Morgan fingerprint density at radius 2 is 1.69 bits per heavy atom. The van der Waals surface area contributed by atoms with E-state index in [4.69, 9.17) is 4.74 Å². The number of nitrogens with zero attached hydrogens (tertiary/aromatic N) is 1. The number of para-hydroxylation sites is 1. The first kappa shape index (κ1) is 10.1. The van der Waals surface area contributed by atoms with Crippen molar-refractivity contribution in [2.24, 2.45) is 0 Å². The smallest absolute Gasteiger partial charge is 0.119 e. The summed E-state index contributed by atoms with van der Waals surface area (Å²) in [5.41, 5.74) is 0. The fourth-order valence-corrected chi connectivity index (χ4v) is 2.89. The lowest BCUT2D eigenvalue weighted by Gasteiger charge is -2.34. The van der Waals surface area contributed by atoms with E-state index >= 15 is 0 Å². The second-order valence-electron chi connectivity index (χ2n) is 4.79. The molecular weight excluding hydrogens is 202 g/mol. The number of ether oxygens (including phenoxy) is 1. The standard InChI is InChI=1S/C13H17NO2/c15-14-10-6-7-11(14)9-13(8-10)16-12-4-2-1-3-5-12/h1-5,10-11,13,15H,6-9H2/t10-,11+,13+. The van der Waals surface area contributed by atoms with E-state index in [0.717, 1.165) is 31.4 Å². The zero-order valence-electron chi connectivity index (χ0n) is 9.25. The van der Waals surface area contributed by atoms with Crippen LogP contribution < -0.4 is 4.74 Å². The van der Waals surface area contributed by atoms with Gasteiger partial charge in [0.2, 0.25) is 0 Å². The molecule has 1 N–H and O–H groups in total. The van der Waals surface area contributed by atoms with Crippen LogP contribution >= 0.6 is 0 Å². The lowest BCUT2D eigenvalue weighted by molar-refractivity contribution is -0.164. The predicted molar refractivity (Wildman–Crippen MR) is 60.5 cm³/mol. The summed E-state index contributed by atoms with van der Waals surface area (Å²) in [7, 11) is 0. The minimum Gasteiger partial charge on any atom is -0.490 e. The van der Waals surface area contributed by atoms with Gasteiger partial charge in [-0.1, -0.05) is 18.2 Å². The Hall–Kier alpha value is -1.06. The largest absolute Gasteiger partial charge is 0.490 e. The molecule has 1 aromatic carbocycles. The van der Waals surface area contributed by atoms with E-state index in [1.807, 2.05) is 30.3 Å². The Balaban J connectivity index is 1.66. The fraction of sp³-hybridized carbons (Fsp3) is 0.538. The molecule has 0 spiro atoms. The van der Waals surface area contributed by atoms with Gasteiger partial charge in [0.15, 0.2) is 0 Å². The molecular formula is C13H17NO2. The quantitative estimate of drug-likeness (QED) is 0.829. The maximum atomic E-state index is 9.77. The van der Waals surface area contributed by atoms with Crippen molar-refractivity contribution in [3.05, 3.63) is 30.3 Å². The Bertz CT molecular complexity index is 340. The predicted octanol–water partition coefficient (Wildman–Crippen LogP) is 2.45. The normalized spacial score (nSPS) is 33.9. The molecule has 3 heteroatoms. The van der Waals surface area contributed by atoms with E-state index in [0.29, 0.717) is 12.1 Å². The topological polar surface area (TPSA) is 32.7 Å². The molecule has 2 bridgehead atoms. The number of hydrogen-bond donors (Lipinski definition) is 1. The highest BCUT2D eigenvalue weighted by molar-refractivity contribution is 5.21. The van der Waals surface area contributed by atoms with Crippen LogP contribution in [0.4, 0.5) is 0 Å². The van der Waals surface area contributed by atoms with Crippen molar-refractivity contribution in [1.29, 1.82) is 0 Å². The van der Waals surface area contributed by atoms with E-state index in [2.05, 4.69) is 0 Å². The van der Waals surface area contributed by atoms with Crippen LogP contribution in [-0.4, -0.2) is 28.5 Å². The summed E-state index contributed by atoms with van der Waals surface area (Å²) in [4.78, 5) is 0. The molecule has 3 nitrogen and oxygen atoms in total. The molecule has 0 saturated carbocycles. The van der Waals surface area contributed by atoms with Crippen molar-refractivity contribution in [2.75, 3.05) is 0 Å². The summed E-state index contributed by atoms with van der Waals surface area (Å²) in [5.74, 6) is 0.943. The van der Waals surface area contributed by atoms with E-state index in [1.165, 1.54) is 0 Å². The van der Waals surface area contributed by atoms with Crippen LogP contribution in [0.5, 0.6) is 5.75 Å². The second-order valence-corrected chi connectivity index (χ2v) is 4.79. The number of piperidine rings is 1. The molecule has 1 aromatic rings. The monoisotopic (exact) mass is 219 g/mol. The first-order chi connectivity index (χ1) is 7.83. The van der Waals surface area contributed by atoms with Crippen LogP contribution in [0.1, 0.15) is 25.7 Å². The van der Waals surface area contributed by atoms with Crippen molar-refractivity contribution in [2.45, 2.75) is 43.9 Å². The Morgan fingerprint density at radius 1 is 1.06 bits per heavy atom. The molecule has 2 saturated heterocycles. The molecule has 16 heavy (non-hydrogen) atoms. The third kappa shape index (κ3) is 1.81. The van der Waals surface area contributed by atoms with E-state index in [1.54, 1.807) is 5.06 Å². The van der Waals surface area contributed by atoms with Crippen LogP contribution in [0, 0.1) is 0 Å². The number of hydroxylamine groups is 2. The van der Waals surface area contributed by atoms with Gasteiger partial charge in [-0.25, -0.2) is 0 Å². The summed E-state index contributed by atoms with van der Waals surface area (Å²) >= 11 is 0. The van der Waals surface area contributed by atoms with Crippen molar-refractivity contribution in [3.63, 3.8) is 0 Å². The average Bonchev–Trinajstić information content (AvgIpc) is 2.54. The number of rotatable bonds is 2. The van der Waals surface area contributed by atoms with Crippen molar-refractivity contribution in [3.8, 4) is 5.75 Å². The van der Waals surface area contributed by atoms with E-state index < -0.39 is 0 Å². The zero-order chi connectivity index (χ0) is 11.0. The molecule has 0 aromatic heterocycles. The maximum Gasteiger partial charge on any atom is 0.119 e. The van der Waals surface area contributed by atoms with Gasteiger partial charge < -0.3 is 9.94 Å². The molecule has 2 aliphatic rings. The van der Waals surface area contributed by atoms with Gasteiger partial charge in [0, 0.05) is 24.9 Å². The average molecular weight is 219 g/mol. The SMILES string of the molecule is ON1[C@@H]2CC[C@H]1C[C@@H](Oc1ccccc1)C2. The van der Waals surface area contributed by atoms with Gasteiger partial charge in [-0.05, 0) is 25.0 Å². The van der Waals surface area contributed by atoms with Crippen molar-refractivity contribution < 1.29 is 9.94 Å². The highest BCUT2D eigenvalue weighted by atomic mass is 16.5. The van der Waals surface area contributed by atoms with Crippen molar-refractivity contribution in [1.82, 2.24) is 5.06 Å². The Kier molecular flexibility index (Phi) is 2.58. The molecule has 3 atom stereocenters. The van der Waals surface area contributed by atoms with Crippen LogP contribution in [0.15, 0.2) is 30.3 Å². The van der Waals surface area contributed by atoms with Gasteiger partial charge in [-0.2, -0.15) is 5.06 Å². The summed E-state index contributed by atoms with van der Waals surface area (Å²) in [6.45, 7) is 0. The first-order valence-corrected chi connectivity index (χ1v) is 6.02. The molecule has 0 amide bonds. The number of hydrogen-bond acceptors (Lipinski definition) is 3. The molecule has 2 aliphatic heterocycles. The van der Waals surface area contributed by atoms with Gasteiger partial charge in [-0.15, -0.1) is 0 Å². The van der Waals surface area contributed by atoms with Gasteiger partial charge in [0.1, 0.15) is 11.9 Å². The number of benzene rings is 1. The van der Waals surface area contributed by atoms with Crippen molar-refractivity contribution >= 4 is 0 Å². The minimum atomic E-state index is 0.267. The highest BCUT2D eigenvalue weighted by Crippen LogP contribution is 2.35. The molecule has 0 radical (unpaired) electrons. The molecule has 2 heterocycles. The van der Waals surface area contributed by atoms with E-state index in [-0.39, 0.29) is 6.10 Å². The molecule has 0 aliphatic carbocycles. The van der Waals surface area contributed by atoms with Crippen LogP contribution in [0.3, 0.4) is 0 Å². The minimum absolute atomic E-state index is 0.267. The third-order valence-corrected chi connectivity index (χ3v) is 3.70. The lowest BCUT2D eigenvalue weighted by atomic mass is 10.0. The van der Waals surface area contributed by atoms with Gasteiger partial charge in [-0.3, -0.25) is 0 Å². The number of fused-ring (bicyclic) bond motifs is 2. The zero-order valence-corrected chi connectivity index (χ0v) is 9.25. The molecule has 0 unspecified atom stereocenters. The summed E-state index contributed by atoms with van der Waals surface area (Å²) in [6.07, 6.45) is 4.37. The fourth-order valence-electron chi connectivity index (χ4n) is 2.89. The van der Waals surface area contributed by atoms with Gasteiger partial charge >= 0.3 is 0 Å². The second kappa shape index (κ2) is 4.07. The van der Waals surface area contributed by atoms with Crippen LogP contribution in [0.2, 0.25) is 0 Å². The van der Waals surface area contributed by atoms with Crippen LogP contribution in [0.25, 0.3) is 0 Å². The van der Waals surface area contributed by atoms with E-state index in [9.17, 15) is 5.21 Å². The van der Waals surface area contributed by atoms with Gasteiger partial charge in [0.25, 0.3) is 0 Å². The Labute approximate surface area is 95.6 Å². The Morgan fingerprint density at radius 3 is 2.31 bits per heavy atom. The van der Waals surface area contributed by atoms with Gasteiger partial charge in [0.05, 0.1) is 0 Å². The summed E-state index contributed by atoms with van der Waals surface area (Å²) < 4.78 is 5.95. The third-order valence-electron chi connectivity index (χ3n) is 3.70. The first-order valence-electron chi connectivity index (χ1n) is 6.02. The summed E-state index contributed by atoms with van der Waals surface area (Å²) in [6, 6.07) is 10.6. The van der Waals surface area contributed by atoms with Crippen LogP contribution in [-0.2, 0) is 0 Å². The molecule has 3 rings (SSSR count). The molecule has 86 valence electrons. The lowest BCUT2D eigenvalue weighted by Crippen LogP contribution is -2.44. The molecule has 2 fully saturated rings.